The van der Waals surface area contributed by atoms with Gasteiger partial charge in [0.15, 0.2) is 0 Å². The monoisotopic (exact) mass is 729 g/mol. The van der Waals surface area contributed by atoms with E-state index in [1.807, 2.05) is 92.7 Å². The van der Waals surface area contributed by atoms with Crippen molar-refractivity contribution in [3.05, 3.63) is 163 Å². The molecule has 1 aliphatic rings. The zero-order chi connectivity index (χ0) is 38.6. The Hall–Kier alpha value is -6.94. The smallest absolute Gasteiger partial charge is 0.320 e. The van der Waals surface area contributed by atoms with Gasteiger partial charge in [-0.25, -0.2) is 23.9 Å². The molecule has 55 heavy (non-hydrogen) atoms. The first-order chi connectivity index (χ1) is 26.6. The van der Waals surface area contributed by atoms with Crippen LogP contribution in [0.1, 0.15) is 42.0 Å². The van der Waals surface area contributed by atoms with Crippen LogP contribution in [0.2, 0.25) is 0 Å². The molecule has 0 saturated heterocycles. The van der Waals surface area contributed by atoms with E-state index in [1.54, 1.807) is 37.4 Å². The third kappa shape index (κ3) is 7.48. The van der Waals surface area contributed by atoms with E-state index in [0.717, 1.165) is 33.5 Å². The molecular formula is C45H40FN7O2. The lowest BCUT2D eigenvalue weighted by Crippen LogP contribution is -2.38. The summed E-state index contributed by atoms with van der Waals surface area (Å²) in [5, 5.41) is 12.0. The minimum Gasteiger partial charge on any atom is -0.331 e. The molecule has 10 heteroatoms. The standard InChI is InChI=1S/C45H40FN7O2/c1-6-26(3)37(7-2)50-44(54)51-38-23-20-27(4)48-42(38)30-21-22-36(46)35(24-30)32-18-13-19-34-40(32)31-16-11-12-17-33(31)43(34)53-45(55)52-39-25-47-28(5)49-41(39)29-14-9-8-10-15-29/h6,8-25,37,43H,1,3,7H2,2,4-5H3,(H2,50,51,54)(H2,52,53,55). The van der Waals surface area contributed by atoms with Crippen molar-refractivity contribution in [2.75, 3.05) is 10.6 Å². The number of pyridine rings is 1. The highest BCUT2D eigenvalue weighted by atomic mass is 19.1. The van der Waals surface area contributed by atoms with Gasteiger partial charge in [-0.15, -0.1) is 0 Å². The molecule has 0 radical (unpaired) electrons. The summed E-state index contributed by atoms with van der Waals surface area (Å²) in [4.78, 5) is 40.6. The van der Waals surface area contributed by atoms with Crippen LogP contribution in [0.3, 0.4) is 0 Å². The van der Waals surface area contributed by atoms with E-state index < -0.39 is 23.9 Å². The summed E-state index contributed by atoms with van der Waals surface area (Å²) in [6, 6.07) is 29.8. The number of urea groups is 2. The molecule has 274 valence electrons. The Morgan fingerprint density at radius 3 is 2.27 bits per heavy atom. The fraction of sp³-hybridized carbons (Fsp3) is 0.133. The molecule has 0 saturated carbocycles. The normalized spacial score (nSPS) is 13.2. The first-order valence-electron chi connectivity index (χ1n) is 18.0. The molecule has 0 fully saturated rings. The number of hydrogen-bond donors (Lipinski definition) is 4. The molecule has 4 amide bonds. The van der Waals surface area contributed by atoms with Crippen LogP contribution in [0.5, 0.6) is 0 Å². The zero-order valence-electron chi connectivity index (χ0n) is 30.8. The van der Waals surface area contributed by atoms with Crippen molar-refractivity contribution < 1.29 is 14.0 Å². The Bertz CT molecular complexity index is 2460. The number of amides is 4. The van der Waals surface area contributed by atoms with E-state index in [9.17, 15) is 9.59 Å². The molecule has 7 rings (SSSR count). The van der Waals surface area contributed by atoms with Crippen molar-refractivity contribution in [1.29, 1.82) is 0 Å². The molecule has 0 bridgehead atoms. The van der Waals surface area contributed by atoms with Crippen molar-refractivity contribution in [2.24, 2.45) is 0 Å². The van der Waals surface area contributed by atoms with Crippen molar-refractivity contribution in [3.8, 4) is 44.8 Å². The van der Waals surface area contributed by atoms with Crippen molar-refractivity contribution in [3.63, 3.8) is 0 Å². The predicted octanol–water partition coefficient (Wildman–Crippen LogP) is 10.2. The van der Waals surface area contributed by atoms with Gasteiger partial charge in [0, 0.05) is 22.4 Å². The SMILES string of the molecule is C=CC(=C)C(CC)NC(=O)Nc1ccc(C)nc1-c1ccc(F)c(-c2cccc3c2-c2ccccc2C3NC(=O)Nc2cnc(C)nc2-c2ccccc2)c1. The summed E-state index contributed by atoms with van der Waals surface area (Å²) < 4.78 is 16.0. The number of halogens is 1. The van der Waals surface area contributed by atoms with E-state index in [0.29, 0.717) is 57.3 Å². The minimum absolute atomic E-state index is 0.285. The van der Waals surface area contributed by atoms with E-state index in [4.69, 9.17) is 4.98 Å². The molecule has 9 nitrogen and oxygen atoms in total. The van der Waals surface area contributed by atoms with Gasteiger partial charge in [-0.1, -0.05) is 99.0 Å². The Kier molecular flexibility index (Phi) is 10.3. The molecule has 4 aromatic carbocycles. The number of aromatic nitrogens is 3. The average molecular weight is 730 g/mol. The Morgan fingerprint density at radius 1 is 0.782 bits per heavy atom. The van der Waals surface area contributed by atoms with Gasteiger partial charge in [-0.2, -0.15) is 0 Å². The van der Waals surface area contributed by atoms with Crippen LogP contribution in [-0.2, 0) is 0 Å². The molecule has 2 unspecified atom stereocenters. The highest BCUT2D eigenvalue weighted by Crippen LogP contribution is 2.49. The van der Waals surface area contributed by atoms with Crippen LogP contribution in [0.25, 0.3) is 44.8 Å². The third-order valence-corrected chi connectivity index (χ3v) is 9.66. The van der Waals surface area contributed by atoms with Crippen LogP contribution in [-0.4, -0.2) is 33.1 Å². The summed E-state index contributed by atoms with van der Waals surface area (Å²) >= 11 is 0. The predicted molar refractivity (Wildman–Crippen MR) is 217 cm³/mol. The van der Waals surface area contributed by atoms with E-state index >= 15 is 4.39 Å². The number of carbonyl (C=O) groups is 2. The van der Waals surface area contributed by atoms with E-state index in [2.05, 4.69) is 44.4 Å². The number of benzene rings is 4. The van der Waals surface area contributed by atoms with Gasteiger partial charge in [0.05, 0.1) is 41.0 Å². The summed E-state index contributed by atoms with van der Waals surface area (Å²) in [6.07, 6.45) is 3.87. The largest absolute Gasteiger partial charge is 0.331 e. The molecule has 2 aromatic heterocycles. The van der Waals surface area contributed by atoms with Crippen LogP contribution in [0, 0.1) is 19.7 Å². The van der Waals surface area contributed by atoms with Crippen LogP contribution < -0.4 is 21.3 Å². The number of anilines is 2. The number of nitrogens with zero attached hydrogens (tertiary/aromatic N) is 3. The minimum atomic E-state index is -0.527. The third-order valence-electron chi connectivity index (χ3n) is 9.66. The summed E-state index contributed by atoms with van der Waals surface area (Å²) in [6.45, 7) is 13.4. The number of fused-ring (bicyclic) bond motifs is 3. The van der Waals surface area contributed by atoms with Gasteiger partial charge in [0.2, 0.25) is 0 Å². The maximum absolute atomic E-state index is 16.0. The van der Waals surface area contributed by atoms with Gasteiger partial charge in [0.1, 0.15) is 11.6 Å². The molecule has 0 aliphatic heterocycles. The van der Waals surface area contributed by atoms with Gasteiger partial charge in [-0.05, 0) is 84.0 Å². The van der Waals surface area contributed by atoms with E-state index in [1.165, 1.54) is 6.07 Å². The number of carbonyl (C=O) groups excluding carboxylic acids is 2. The first-order valence-corrected chi connectivity index (χ1v) is 18.0. The molecule has 2 atom stereocenters. The number of nitrogens with one attached hydrogen (secondary N) is 4. The molecule has 4 N–H and O–H groups in total. The molecule has 6 aromatic rings. The summed E-state index contributed by atoms with van der Waals surface area (Å²) in [5.41, 5.74) is 9.33. The van der Waals surface area contributed by atoms with E-state index in [-0.39, 0.29) is 6.04 Å². The molecule has 0 spiro atoms. The number of aryl methyl sites for hydroxylation is 2. The van der Waals surface area contributed by atoms with Crippen LogP contribution in [0.4, 0.5) is 25.4 Å². The van der Waals surface area contributed by atoms with Crippen LogP contribution >= 0.6 is 0 Å². The zero-order valence-corrected chi connectivity index (χ0v) is 30.8. The Balaban J connectivity index is 1.22. The lowest BCUT2D eigenvalue weighted by Gasteiger charge is -2.19. The van der Waals surface area contributed by atoms with Gasteiger partial charge in [0.25, 0.3) is 0 Å². The fourth-order valence-electron chi connectivity index (χ4n) is 6.97. The number of rotatable bonds is 10. The van der Waals surface area contributed by atoms with Crippen molar-refractivity contribution in [1.82, 2.24) is 25.6 Å². The van der Waals surface area contributed by atoms with Crippen molar-refractivity contribution in [2.45, 2.75) is 39.3 Å². The lowest BCUT2D eigenvalue weighted by molar-refractivity contribution is 0.249. The first kappa shape index (κ1) is 36.4. The maximum atomic E-state index is 16.0. The summed E-state index contributed by atoms with van der Waals surface area (Å²) in [5.74, 6) is 0.157. The fourth-order valence-corrected chi connectivity index (χ4v) is 6.97. The quantitative estimate of drug-likeness (QED) is 0.105. The lowest BCUT2D eigenvalue weighted by atomic mass is 9.92. The number of hydrogen-bond acceptors (Lipinski definition) is 5. The van der Waals surface area contributed by atoms with Gasteiger partial charge >= 0.3 is 12.1 Å². The van der Waals surface area contributed by atoms with Crippen molar-refractivity contribution >= 4 is 23.4 Å². The maximum Gasteiger partial charge on any atom is 0.320 e. The molecule has 1 aliphatic carbocycles. The second-order valence-electron chi connectivity index (χ2n) is 13.3. The topological polar surface area (TPSA) is 121 Å². The second kappa shape index (κ2) is 15.6. The second-order valence-corrected chi connectivity index (χ2v) is 13.3. The highest BCUT2D eigenvalue weighted by molar-refractivity contribution is 5.98. The van der Waals surface area contributed by atoms with Gasteiger partial charge in [-0.3, -0.25) is 4.98 Å². The van der Waals surface area contributed by atoms with Gasteiger partial charge < -0.3 is 21.3 Å². The Morgan fingerprint density at radius 2 is 1.49 bits per heavy atom. The Labute approximate surface area is 319 Å². The highest BCUT2D eigenvalue weighted by Gasteiger charge is 2.32. The van der Waals surface area contributed by atoms with Crippen LogP contribution in [0.15, 0.2) is 134 Å². The molecular weight excluding hydrogens is 690 g/mol. The molecule has 2 heterocycles. The summed E-state index contributed by atoms with van der Waals surface area (Å²) in [7, 11) is 0. The average Bonchev–Trinajstić information content (AvgIpc) is 3.51.